The smallest absolute Gasteiger partial charge is 0.221 e. The van der Waals surface area contributed by atoms with E-state index in [-0.39, 0.29) is 5.78 Å². The molecule has 0 radical (unpaired) electrons. The number of ketones is 1. The van der Waals surface area contributed by atoms with Gasteiger partial charge >= 0.3 is 0 Å². The Labute approximate surface area is 116 Å². The van der Waals surface area contributed by atoms with Gasteiger partial charge in [-0.1, -0.05) is 18.2 Å². The number of hydrogen-bond acceptors (Lipinski definition) is 3. The summed E-state index contributed by atoms with van der Waals surface area (Å²) in [7, 11) is 0. The van der Waals surface area contributed by atoms with Gasteiger partial charge in [0.05, 0.1) is 6.20 Å². The summed E-state index contributed by atoms with van der Waals surface area (Å²) in [4.78, 5) is 12.1. The average Bonchev–Trinajstić information content (AvgIpc) is 3.10. The van der Waals surface area contributed by atoms with E-state index in [0.29, 0.717) is 5.76 Å². The minimum absolute atomic E-state index is 0.148. The van der Waals surface area contributed by atoms with Crippen molar-refractivity contribution >= 4 is 22.8 Å². The summed E-state index contributed by atoms with van der Waals surface area (Å²) in [6, 6.07) is 9.33. The first-order chi connectivity index (χ1) is 9.76. The second-order valence-electron chi connectivity index (χ2n) is 4.48. The number of carbonyl (C=O) groups is 1. The van der Waals surface area contributed by atoms with Crippen molar-refractivity contribution in [1.29, 1.82) is 0 Å². The van der Waals surface area contributed by atoms with Crippen LogP contribution in [-0.2, 0) is 6.54 Å². The average molecular weight is 266 g/mol. The lowest BCUT2D eigenvalue weighted by atomic mass is 10.2. The van der Waals surface area contributed by atoms with Crippen LogP contribution in [0.1, 0.15) is 23.0 Å². The molecule has 3 aromatic rings. The number of fused-ring (bicyclic) bond motifs is 1. The number of furan rings is 1. The molecule has 0 amide bonds. The summed E-state index contributed by atoms with van der Waals surface area (Å²) in [5, 5.41) is 5.08. The highest BCUT2D eigenvalue weighted by atomic mass is 16.3. The summed E-state index contributed by atoms with van der Waals surface area (Å²) in [6.45, 7) is 2.82. The quantitative estimate of drug-likeness (QED) is 0.536. The molecule has 100 valence electrons. The van der Waals surface area contributed by atoms with Gasteiger partial charge in [0.1, 0.15) is 5.58 Å². The molecule has 0 bridgehead atoms. The number of para-hydroxylation sites is 1. The summed E-state index contributed by atoms with van der Waals surface area (Å²) < 4.78 is 7.33. The molecule has 0 saturated heterocycles. The number of rotatable bonds is 4. The summed E-state index contributed by atoms with van der Waals surface area (Å²) >= 11 is 0. The van der Waals surface area contributed by atoms with Crippen LogP contribution in [-0.4, -0.2) is 15.6 Å². The van der Waals surface area contributed by atoms with E-state index >= 15 is 0 Å². The van der Waals surface area contributed by atoms with E-state index in [1.807, 2.05) is 42.1 Å². The predicted molar refractivity (Wildman–Crippen MR) is 77.5 cm³/mol. The van der Waals surface area contributed by atoms with Gasteiger partial charge in [-0.2, -0.15) is 5.10 Å². The molecule has 4 heteroatoms. The fourth-order valence-electron chi connectivity index (χ4n) is 2.00. The molecule has 3 rings (SSSR count). The van der Waals surface area contributed by atoms with Gasteiger partial charge in [-0.05, 0) is 31.2 Å². The molecule has 0 aliphatic heterocycles. The molecular weight excluding hydrogens is 252 g/mol. The molecule has 2 aromatic heterocycles. The van der Waals surface area contributed by atoms with Crippen molar-refractivity contribution in [2.45, 2.75) is 13.5 Å². The number of benzene rings is 1. The second kappa shape index (κ2) is 5.17. The lowest BCUT2D eigenvalue weighted by Gasteiger charge is -1.89. The molecule has 0 N–H and O–H groups in total. The third kappa shape index (κ3) is 2.40. The van der Waals surface area contributed by atoms with Crippen LogP contribution in [0.25, 0.3) is 17.0 Å². The summed E-state index contributed by atoms with van der Waals surface area (Å²) in [5.41, 5.74) is 1.62. The maximum Gasteiger partial charge on any atom is 0.221 e. The Morgan fingerprint density at radius 3 is 3.00 bits per heavy atom. The van der Waals surface area contributed by atoms with Crippen LogP contribution in [0.5, 0.6) is 0 Å². The third-order valence-corrected chi connectivity index (χ3v) is 3.07. The highest BCUT2D eigenvalue weighted by Crippen LogP contribution is 2.19. The van der Waals surface area contributed by atoms with Crippen LogP contribution in [0, 0.1) is 0 Å². The Morgan fingerprint density at radius 1 is 1.40 bits per heavy atom. The Kier molecular flexibility index (Phi) is 3.21. The molecule has 0 atom stereocenters. The largest absolute Gasteiger partial charge is 0.453 e. The van der Waals surface area contributed by atoms with Crippen LogP contribution in [0.15, 0.2) is 53.2 Å². The monoisotopic (exact) mass is 266 g/mol. The SMILES string of the molecule is CCn1cc(/C=C/C(=O)c2cc3ccccc3o2)cn1. The molecule has 0 fully saturated rings. The fourth-order valence-corrected chi connectivity index (χ4v) is 2.00. The van der Waals surface area contributed by atoms with Gasteiger partial charge in [0.2, 0.25) is 5.78 Å². The van der Waals surface area contributed by atoms with Crippen LogP contribution in [0.4, 0.5) is 0 Å². The van der Waals surface area contributed by atoms with Crippen LogP contribution < -0.4 is 0 Å². The number of hydrogen-bond donors (Lipinski definition) is 0. The number of aryl methyl sites for hydroxylation is 1. The molecule has 20 heavy (non-hydrogen) atoms. The predicted octanol–water partition coefficient (Wildman–Crippen LogP) is 3.55. The zero-order valence-electron chi connectivity index (χ0n) is 11.1. The third-order valence-electron chi connectivity index (χ3n) is 3.07. The first kappa shape index (κ1) is 12.4. The zero-order valence-corrected chi connectivity index (χ0v) is 11.1. The van der Waals surface area contributed by atoms with Crippen molar-refractivity contribution in [1.82, 2.24) is 9.78 Å². The Balaban J connectivity index is 1.81. The molecular formula is C16H14N2O2. The Bertz CT molecular complexity index is 747. The minimum atomic E-state index is -0.148. The standard InChI is InChI=1S/C16H14N2O2/c1-2-18-11-12(10-17-18)7-8-14(19)16-9-13-5-3-4-6-15(13)20-16/h3-11H,2H2,1H3/b8-7+. The lowest BCUT2D eigenvalue weighted by molar-refractivity contribution is 0.102. The number of aromatic nitrogens is 2. The van der Waals surface area contributed by atoms with Gasteiger partial charge in [0.15, 0.2) is 5.76 Å². The van der Waals surface area contributed by atoms with E-state index in [4.69, 9.17) is 4.42 Å². The van der Waals surface area contributed by atoms with Crippen molar-refractivity contribution < 1.29 is 9.21 Å². The molecule has 0 saturated carbocycles. The van der Waals surface area contributed by atoms with Crippen molar-refractivity contribution in [3.63, 3.8) is 0 Å². The first-order valence-corrected chi connectivity index (χ1v) is 6.49. The number of carbonyl (C=O) groups excluding carboxylic acids is 1. The van der Waals surface area contributed by atoms with Crippen molar-refractivity contribution in [2.75, 3.05) is 0 Å². The van der Waals surface area contributed by atoms with Gasteiger partial charge < -0.3 is 4.42 Å². The van der Waals surface area contributed by atoms with Gasteiger partial charge in [0.25, 0.3) is 0 Å². The van der Waals surface area contributed by atoms with E-state index in [1.165, 1.54) is 6.08 Å². The molecule has 0 spiro atoms. The fraction of sp³-hybridized carbons (Fsp3) is 0.125. The first-order valence-electron chi connectivity index (χ1n) is 6.49. The van der Waals surface area contributed by atoms with E-state index in [9.17, 15) is 4.79 Å². The lowest BCUT2D eigenvalue weighted by Crippen LogP contribution is -1.92. The highest BCUT2D eigenvalue weighted by Gasteiger charge is 2.08. The van der Waals surface area contributed by atoms with Gasteiger partial charge in [-0.15, -0.1) is 0 Å². The zero-order chi connectivity index (χ0) is 13.9. The molecule has 0 aliphatic carbocycles. The van der Waals surface area contributed by atoms with Gasteiger partial charge in [-0.25, -0.2) is 0 Å². The van der Waals surface area contributed by atoms with Crippen LogP contribution >= 0.6 is 0 Å². The van der Waals surface area contributed by atoms with Gasteiger partial charge in [0, 0.05) is 23.7 Å². The topological polar surface area (TPSA) is 48.0 Å². The van der Waals surface area contributed by atoms with Crippen LogP contribution in [0.2, 0.25) is 0 Å². The van der Waals surface area contributed by atoms with Gasteiger partial charge in [-0.3, -0.25) is 9.48 Å². The van der Waals surface area contributed by atoms with E-state index < -0.39 is 0 Å². The molecule has 0 unspecified atom stereocenters. The Hall–Kier alpha value is -2.62. The van der Waals surface area contributed by atoms with Crippen molar-refractivity contribution in [2.24, 2.45) is 0 Å². The number of nitrogens with zero attached hydrogens (tertiary/aromatic N) is 2. The van der Waals surface area contributed by atoms with E-state index in [2.05, 4.69) is 5.10 Å². The number of allylic oxidation sites excluding steroid dienone is 1. The Morgan fingerprint density at radius 2 is 2.25 bits per heavy atom. The molecule has 0 aliphatic rings. The van der Waals surface area contributed by atoms with Crippen molar-refractivity contribution in [3.05, 3.63) is 60.1 Å². The highest BCUT2D eigenvalue weighted by molar-refractivity contribution is 6.06. The summed E-state index contributed by atoms with van der Waals surface area (Å²) in [5.74, 6) is 0.204. The molecule has 4 nitrogen and oxygen atoms in total. The second-order valence-corrected chi connectivity index (χ2v) is 4.48. The summed E-state index contributed by atoms with van der Waals surface area (Å²) in [6.07, 6.45) is 6.87. The maximum absolute atomic E-state index is 12.1. The normalized spacial score (nSPS) is 11.4. The molecule has 2 heterocycles. The van der Waals surface area contributed by atoms with E-state index in [1.54, 1.807) is 18.3 Å². The maximum atomic E-state index is 12.1. The molecule has 1 aromatic carbocycles. The minimum Gasteiger partial charge on any atom is -0.453 e. The van der Waals surface area contributed by atoms with E-state index in [0.717, 1.165) is 23.1 Å². The van der Waals surface area contributed by atoms with Crippen LogP contribution in [0.3, 0.4) is 0 Å². The van der Waals surface area contributed by atoms with Crippen molar-refractivity contribution in [3.8, 4) is 0 Å².